The lowest BCUT2D eigenvalue weighted by Gasteiger charge is -2.40. The number of rotatable bonds is 19. The van der Waals surface area contributed by atoms with Gasteiger partial charge in [-0.05, 0) is 12.8 Å². The highest BCUT2D eigenvalue weighted by Crippen LogP contribution is 2.22. The smallest absolute Gasteiger partial charge is 0.220 e. The molecule has 1 heterocycles. The van der Waals surface area contributed by atoms with Crippen molar-refractivity contribution >= 4 is 5.91 Å². The number of unbranched alkanes of at least 4 members (excludes halogenated alkanes) is 10. The van der Waals surface area contributed by atoms with E-state index >= 15 is 0 Å². The monoisotopic (exact) mass is 503 g/mol. The van der Waals surface area contributed by atoms with Gasteiger partial charge in [-0.1, -0.05) is 83.8 Å². The van der Waals surface area contributed by atoms with Crippen molar-refractivity contribution in [2.24, 2.45) is 0 Å². The molecule has 9 nitrogen and oxygen atoms in total. The van der Waals surface area contributed by atoms with Gasteiger partial charge in [-0.25, -0.2) is 0 Å². The Morgan fingerprint density at radius 1 is 0.943 bits per heavy atom. The zero-order valence-corrected chi connectivity index (χ0v) is 21.6. The highest BCUT2D eigenvalue weighted by Gasteiger charge is 2.44. The van der Waals surface area contributed by atoms with E-state index in [1.165, 1.54) is 51.4 Å². The van der Waals surface area contributed by atoms with E-state index in [0.717, 1.165) is 19.3 Å². The lowest BCUT2D eigenvalue weighted by molar-refractivity contribution is -0.302. The van der Waals surface area contributed by atoms with Crippen LogP contribution in [0, 0.1) is 0 Å². The molecule has 1 fully saturated rings. The molecule has 7 unspecified atom stereocenters. The second-order valence-corrected chi connectivity index (χ2v) is 9.45. The van der Waals surface area contributed by atoms with Crippen molar-refractivity contribution in [2.45, 2.75) is 134 Å². The molecule has 206 valence electrons. The number of aliphatic hydroxyl groups excluding tert-OH is 5. The second-order valence-electron chi connectivity index (χ2n) is 9.45. The van der Waals surface area contributed by atoms with Crippen molar-refractivity contribution in [3.05, 3.63) is 12.2 Å². The summed E-state index contributed by atoms with van der Waals surface area (Å²) in [5.41, 5.74) is 0. The number of allylic oxidation sites excluding steroid dienone is 1. The zero-order chi connectivity index (χ0) is 26.1. The average molecular weight is 504 g/mol. The van der Waals surface area contributed by atoms with Gasteiger partial charge >= 0.3 is 0 Å². The first-order valence-corrected chi connectivity index (χ1v) is 13.4. The van der Waals surface area contributed by atoms with Crippen LogP contribution in [-0.2, 0) is 14.3 Å². The minimum absolute atomic E-state index is 0.196. The second kappa shape index (κ2) is 19.1. The van der Waals surface area contributed by atoms with E-state index in [9.17, 15) is 30.3 Å². The third-order valence-corrected chi connectivity index (χ3v) is 6.43. The highest BCUT2D eigenvalue weighted by molar-refractivity contribution is 5.75. The summed E-state index contributed by atoms with van der Waals surface area (Å²) in [6.07, 6.45) is 9.14. The quantitative estimate of drug-likeness (QED) is 0.116. The van der Waals surface area contributed by atoms with E-state index < -0.39 is 49.5 Å². The number of ether oxygens (including phenoxy) is 2. The third-order valence-electron chi connectivity index (χ3n) is 6.43. The molecule has 0 aromatic rings. The van der Waals surface area contributed by atoms with Gasteiger partial charge in [0, 0.05) is 6.42 Å². The van der Waals surface area contributed by atoms with Gasteiger partial charge in [0.2, 0.25) is 5.91 Å². The average Bonchev–Trinajstić information content (AvgIpc) is 2.86. The summed E-state index contributed by atoms with van der Waals surface area (Å²) >= 11 is 0. The van der Waals surface area contributed by atoms with Gasteiger partial charge in [-0.3, -0.25) is 4.79 Å². The van der Waals surface area contributed by atoms with E-state index in [0.29, 0.717) is 0 Å². The van der Waals surface area contributed by atoms with Crippen molar-refractivity contribution in [3.8, 4) is 0 Å². The number of amides is 1. The minimum Gasteiger partial charge on any atom is -0.394 e. The van der Waals surface area contributed by atoms with Crippen molar-refractivity contribution in [1.82, 2.24) is 5.32 Å². The molecule has 0 aromatic carbocycles. The molecule has 0 aliphatic carbocycles. The molecule has 1 aliphatic heterocycles. The maximum Gasteiger partial charge on any atom is 0.220 e. The lowest BCUT2D eigenvalue weighted by Crippen LogP contribution is -2.60. The van der Waals surface area contributed by atoms with E-state index in [1.54, 1.807) is 13.0 Å². The summed E-state index contributed by atoms with van der Waals surface area (Å²) < 4.78 is 10.8. The van der Waals surface area contributed by atoms with Crippen LogP contribution in [0.4, 0.5) is 0 Å². The SMILES string of the molecule is CCCCCCCCCCCC/C=C/C(O)C(COC1OC(CO)C(O)C(O)C1O)NC(=O)CC. The van der Waals surface area contributed by atoms with Gasteiger partial charge in [0.1, 0.15) is 24.4 Å². The maximum atomic E-state index is 11.9. The molecule has 0 saturated carbocycles. The van der Waals surface area contributed by atoms with Crippen molar-refractivity contribution in [3.63, 3.8) is 0 Å². The molecule has 6 N–H and O–H groups in total. The van der Waals surface area contributed by atoms with Crippen LogP contribution in [0.15, 0.2) is 12.2 Å². The summed E-state index contributed by atoms with van der Waals surface area (Å²) in [5.74, 6) is -0.269. The molecule has 1 amide bonds. The number of nitrogens with one attached hydrogen (secondary N) is 1. The lowest BCUT2D eigenvalue weighted by atomic mass is 9.99. The number of hydrogen-bond acceptors (Lipinski definition) is 8. The Bertz CT molecular complexity index is 574. The molecule has 35 heavy (non-hydrogen) atoms. The van der Waals surface area contributed by atoms with Crippen LogP contribution in [0.2, 0.25) is 0 Å². The third kappa shape index (κ3) is 12.6. The highest BCUT2D eigenvalue weighted by atomic mass is 16.7. The first-order valence-electron chi connectivity index (χ1n) is 13.4. The van der Waals surface area contributed by atoms with Gasteiger partial charge in [0.05, 0.1) is 25.4 Å². The van der Waals surface area contributed by atoms with E-state index in [4.69, 9.17) is 9.47 Å². The van der Waals surface area contributed by atoms with Crippen molar-refractivity contribution in [1.29, 1.82) is 0 Å². The summed E-state index contributed by atoms with van der Waals surface area (Å²) in [6, 6.07) is -0.793. The first kappa shape index (κ1) is 32.0. The standard InChI is InChI=1S/C26H49NO8/c1-3-5-6-7-8-9-10-11-12-13-14-15-16-20(29)19(27-22(30)4-2)18-34-26-25(33)24(32)23(31)21(17-28)35-26/h15-16,19-21,23-26,28-29,31-33H,3-14,17-18H2,1-2H3,(H,27,30)/b16-15+. The van der Waals surface area contributed by atoms with Crippen LogP contribution < -0.4 is 5.32 Å². The van der Waals surface area contributed by atoms with Crippen LogP contribution in [0.1, 0.15) is 90.9 Å². The number of hydrogen-bond donors (Lipinski definition) is 6. The number of carbonyl (C=O) groups excluding carboxylic acids is 1. The maximum absolute atomic E-state index is 11.9. The molecule has 1 saturated heterocycles. The van der Waals surface area contributed by atoms with Crippen LogP contribution in [0.5, 0.6) is 0 Å². The van der Waals surface area contributed by atoms with E-state index in [2.05, 4.69) is 12.2 Å². The summed E-state index contributed by atoms with van der Waals surface area (Å²) in [6.45, 7) is 3.16. The summed E-state index contributed by atoms with van der Waals surface area (Å²) in [7, 11) is 0. The van der Waals surface area contributed by atoms with E-state index in [1.807, 2.05) is 6.08 Å². The fourth-order valence-electron chi connectivity index (χ4n) is 4.06. The molecule has 9 heteroatoms. The molecule has 1 rings (SSSR count). The van der Waals surface area contributed by atoms with Crippen LogP contribution in [0.25, 0.3) is 0 Å². The predicted octanol–water partition coefficient (Wildman–Crippen LogP) is 1.93. The van der Waals surface area contributed by atoms with Gasteiger partial charge in [0.15, 0.2) is 6.29 Å². The normalized spacial score (nSPS) is 26.7. The first-order chi connectivity index (χ1) is 16.8. The molecule has 7 atom stereocenters. The van der Waals surface area contributed by atoms with Crippen LogP contribution in [0.3, 0.4) is 0 Å². The molecule has 1 aliphatic rings. The largest absolute Gasteiger partial charge is 0.394 e. The van der Waals surface area contributed by atoms with E-state index in [-0.39, 0.29) is 18.9 Å². The Morgan fingerprint density at radius 3 is 2.11 bits per heavy atom. The van der Waals surface area contributed by atoms with Gasteiger partial charge in [0.25, 0.3) is 0 Å². The van der Waals surface area contributed by atoms with Crippen molar-refractivity contribution in [2.75, 3.05) is 13.2 Å². The summed E-state index contributed by atoms with van der Waals surface area (Å²) in [5, 5.41) is 52.5. The molecule has 0 spiro atoms. The van der Waals surface area contributed by atoms with Crippen molar-refractivity contribution < 1.29 is 39.8 Å². The molecule has 0 aromatic heterocycles. The van der Waals surface area contributed by atoms with Crippen LogP contribution >= 0.6 is 0 Å². The Morgan fingerprint density at radius 2 is 1.54 bits per heavy atom. The molecule has 0 radical (unpaired) electrons. The molecule has 0 bridgehead atoms. The Labute approximate surface area is 210 Å². The fourth-order valence-corrected chi connectivity index (χ4v) is 4.06. The summed E-state index contributed by atoms with van der Waals surface area (Å²) in [4.78, 5) is 11.9. The number of carbonyl (C=O) groups is 1. The Kier molecular flexibility index (Phi) is 17.4. The fraction of sp³-hybridized carbons (Fsp3) is 0.885. The predicted molar refractivity (Wildman–Crippen MR) is 134 cm³/mol. The Hall–Kier alpha value is -1.07. The van der Waals surface area contributed by atoms with Crippen LogP contribution in [-0.4, -0.2) is 87.5 Å². The van der Waals surface area contributed by atoms with Gasteiger partial charge < -0.3 is 40.3 Å². The zero-order valence-electron chi connectivity index (χ0n) is 21.6. The minimum atomic E-state index is -1.56. The van der Waals surface area contributed by atoms with Gasteiger partial charge in [-0.15, -0.1) is 0 Å². The topological polar surface area (TPSA) is 149 Å². The Balaban J connectivity index is 2.41. The number of aliphatic hydroxyl groups is 5. The molecular weight excluding hydrogens is 454 g/mol. The van der Waals surface area contributed by atoms with Gasteiger partial charge in [-0.2, -0.15) is 0 Å². The molecular formula is C26H49NO8.